The molecule has 2 aromatic carbocycles. The standard InChI is InChI=1S/C23H24FN3O2.ClH/c24-18-8-9-21-19(12-18)22(28)20(14-25-21)23(29)26-13-16-4-6-17(7-5-16)15-27-10-2-1-3-11-27;/h4-9,12,14H,1-3,10-11,13,15H2,(H,25,28)(H,26,29);1H. The summed E-state index contributed by atoms with van der Waals surface area (Å²) in [6, 6.07) is 12.1. The van der Waals surface area contributed by atoms with Gasteiger partial charge < -0.3 is 10.3 Å². The number of piperidine rings is 1. The van der Waals surface area contributed by atoms with Crippen molar-refractivity contribution >= 4 is 29.2 Å². The fourth-order valence-electron chi connectivity index (χ4n) is 3.78. The maximum absolute atomic E-state index is 13.4. The minimum Gasteiger partial charge on any atom is -0.360 e. The second kappa shape index (κ2) is 9.87. The quantitative estimate of drug-likeness (QED) is 0.644. The number of aromatic nitrogens is 1. The molecule has 7 heteroatoms. The van der Waals surface area contributed by atoms with E-state index in [0.29, 0.717) is 12.1 Å². The van der Waals surface area contributed by atoms with Gasteiger partial charge in [-0.05, 0) is 55.3 Å². The smallest absolute Gasteiger partial charge is 0.257 e. The molecule has 158 valence electrons. The second-order valence-electron chi connectivity index (χ2n) is 7.56. The van der Waals surface area contributed by atoms with Crippen LogP contribution in [0, 0.1) is 5.82 Å². The molecule has 0 spiro atoms. The molecule has 1 fully saturated rings. The predicted molar refractivity (Wildman–Crippen MR) is 119 cm³/mol. The van der Waals surface area contributed by atoms with Gasteiger partial charge in [0.25, 0.3) is 5.91 Å². The van der Waals surface area contributed by atoms with Crippen LogP contribution in [-0.2, 0) is 13.1 Å². The van der Waals surface area contributed by atoms with E-state index >= 15 is 0 Å². The normalized spacial score (nSPS) is 14.3. The third kappa shape index (κ3) is 5.07. The Bertz CT molecular complexity index is 1080. The van der Waals surface area contributed by atoms with Gasteiger partial charge in [-0.25, -0.2) is 4.39 Å². The van der Waals surface area contributed by atoms with Gasteiger partial charge >= 0.3 is 0 Å². The molecule has 0 radical (unpaired) electrons. The summed E-state index contributed by atoms with van der Waals surface area (Å²) in [5.41, 5.74) is 2.22. The maximum atomic E-state index is 13.4. The first-order chi connectivity index (χ1) is 14.1. The summed E-state index contributed by atoms with van der Waals surface area (Å²) >= 11 is 0. The summed E-state index contributed by atoms with van der Waals surface area (Å²) < 4.78 is 13.4. The van der Waals surface area contributed by atoms with Crippen molar-refractivity contribution in [2.75, 3.05) is 13.1 Å². The van der Waals surface area contributed by atoms with Gasteiger partial charge in [0.15, 0.2) is 0 Å². The fourth-order valence-corrected chi connectivity index (χ4v) is 3.78. The van der Waals surface area contributed by atoms with Crippen LogP contribution in [0.1, 0.15) is 40.7 Å². The van der Waals surface area contributed by atoms with Crippen LogP contribution >= 0.6 is 12.4 Å². The number of fused-ring (bicyclic) bond motifs is 1. The number of H-pyrrole nitrogens is 1. The van der Waals surface area contributed by atoms with Gasteiger partial charge in [0, 0.05) is 30.2 Å². The number of hydrogen-bond donors (Lipinski definition) is 2. The van der Waals surface area contributed by atoms with Gasteiger partial charge in [-0.3, -0.25) is 14.5 Å². The Morgan fingerprint density at radius 3 is 2.47 bits per heavy atom. The lowest BCUT2D eigenvalue weighted by Gasteiger charge is -2.26. The minimum atomic E-state index is -0.509. The van der Waals surface area contributed by atoms with E-state index in [2.05, 4.69) is 27.3 Å². The third-order valence-electron chi connectivity index (χ3n) is 5.42. The van der Waals surface area contributed by atoms with Gasteiger partial charge in [0.05, 0.1) is 0 Å². The Kier molecular flexibility index (Phi) is 7.24. The molecule has 5 nitrogen and oxygen atoms in total. The van der Waals surface area contributed by atoms with E-state index in [1.807, 2.05) is 12.1 Å². The fraction of sp³-hybridized carbons (Fsp3) is 0.304. The lowest BCUT2D eigenvalue weighted by molar-refractivity contribution is 0.0949. The number of carbonyl (C=O) groups is 1. The van der Waals surface area contributed by atoms with Crippen molar-refractivity contribution in [1.82, 2.24) is 15.2 Å². The molecule has 1 saturated heterocycles. The van der Waals surface area contributed by atoms with Crippen molar-refractivity contribution in [3.8, 4) is 0 Å². The largest absolute Gasteiger partial charge is 0.360 e. The van der Waals surface area contributed by atoms with E-state index in [-0.39, 0.29) is 23.4 Å². The second-order valence-corrected chi connectivity index (χ2v) is 7.56. The van der Waals surface area contributed by atoms with Crippen molar-refractivity contribution in [2.45, 2.75) is 32.4 Å². The van der Waals surface area contributed by atoms with Crippen LogP contribution in [0.4, 0.5) is 4.39 Å². The van der Waals surface area contributed by atoms with Crippen LogP contribution < -0.4 is 10.7 Å². The van der Waals surface area contributed by atoms with Gasteiger partial charge in [-0.1, -0.05) is 30.7 Å². The van der Waals surface area contributed by atoms with Gasteiger partial charge in [0.1, 0.15) is 11.4 Å². The van der Waals surface area contributed by atoms with Crippen molar-refractivity contribution in [1.29, 1.82) is 0 Å². The Labute approximate surface area is 180 Å². The molecule has 0 bridgehead atoms. The van der Waals surface area contributed by atoms with E-state index in [1.165, 1.54) is 43.2 Å². The van der Waals surface area contributed by atoms with E-state index in [9.17, 15) is 14.0 Å². The highest BCUT2D eigenvalue weighted by Crippen LogP contribution is 2.14. The first kappa shape index (κ1) is 22.0. The molecule has 4 rings (SSSR count). The first-order valence-corrected chi connectivity index (χ1v) is 9.99. The molecule has 0 saturated carbocycles. The molecule has 0 unspecified atom stereocenters. The number of nitrogens with one attached hydrogen (secondary N) is 2. The van der Waals surface area contributed by atoms with Crippen molar-refractivity contribution in [3.63, 3.8) is 0 Å². The molecule has 1 amide bonds. The van der Waals surface area contributed by atoms with Crippen molar-refractivity contribution in [2.24, 2.45) is 0 Å². The van der Waals surface area contributed by atoms with E-state index in [1.54, 1.807) is 0 Å². The summed E-state index contributed by atoms with van der Waals surface area (Å²) in [6.07, 6.45) is 5.24. The number of aromatic amines is 1. The maximum Gasteiger partial charge on any atom is 0.257 e. The number of likely N-dealkylation sites (tertiary alicyclic amines) is 1. The molecule has 0 aliphatic carbocycles. The van der Waals surface area contributed by atoms with Crippen molar-refractivity contribution < 1.29 is 9.18 Å². The number of pyridine rings is 1. The topological polar surface area (TPSA) is 65.2 Å². The predicted octanol–water partition coefficient (Wildman–Crippen LogP) is 4.00. The molecule has 2 heterocycles. The minimum absolute atomic E-state index is 0. The number of amides is 1. The lowest BCUT2D eigenvalue weighted by atomic mass is 10.1. The number of rotatable bonds is 5. The molecule has 1 aromatic heterocycles. The highest BCUT2D eigenvalue weighted by Gasteiger charge is 2.14. The molecule has 0 atom stereocenters. The van der Waals surface area contributed by atoms with Crippen LogP contribution in [0.5, 0.6) is 0 Å². The highest BCUT2D eigenvalue weighted by molar-refractivity contribution is 5.97. The van der Waals surface area contributed by atoms with E-state index in [0.717, 1.165) is 31.3 Å². The van der Waals surface area contributed by atoms with Crippen LogP contribution in [0.15, 0.2) is 53.5 Å². The van der Waals surface area contributed by atoms with Crippen molar-refractivity contribution in [3.05, 3.63) is 81.4 Å². The van der Waals surface area contributed by atoms with Crippen LogP contribution in [-0.4, -0.2) is 28.9 Å². The average Bonchev–Trinajstić information content (AvgIpc) is 2.74. The van der Waals surface area contributed by atoms with Crippen LogP contribution in [0.25, 0.3) is 10.9 Å². The summed E-state index contributed by atoms with van der Waals surface area (Å²) in [7, 11) is 0. The van der Waals surface area contributed by atoms with Crippen LogP contribution in [0.2, 0.25) is 0 Å². The van der Waals surface area contributed by atoms with E-state index in [4.69, 9.17) is 0 Å². The molecule has 3 aromatic rings. The zero-order valence-electron chi connectivity index (χ0n) is 16.6. The zero-order chi connectivity index (χ0) is 20.2. The number of hydrogen-bond acceptors (Lipinski definition) is 3. The van der Waals surface area contributed by atoms with E-state index < -0.39 is 17.2 Å². The molecule has 1 aliphatic heterocycles. The molecule has 30 heavy (non-hydrogen) atoms. The molecule has 2 N–H and O–H groups in total. The van der Waals surface area contributed by atoms with Gasteiger partial charge in [-0.15, -0.1) is 12.4 Å². The Balaban J connectivity index is 0.00000256. The zero-order valence-corrected chi connectivity index (χ0v) is 17.4. The highest BCUT2D eigenvalue weighted by atomic mass is 35.5. The first-order valence-electron chi connectivity index (χ1n) is 9.99. The monoisotopic (exact) mass is 429 g/mol. The average molecular weight is 430 g/mol. The number of carbonyl (C=O) groups excluding carboxylic acids is 1. The summed E-state index contributed by atoms with van der Waals surface area (Å²) in [6.45, 7) is 3.59. The SMILES string of the molecule is Cl.O=C(NCc1ccc(CN2CCCCC2)cc1)c1c[nH]c2ccc(F)cc2c1=O. The van der Waals surface area contributed by atoms with Crippen LogP contribution in [0.3, 0.4) is 0 Å². The lowest BCUT2D eigenvalue weighted by Crippen LogP contribution is -2.29. The van der Waals surface area contributed by atoms with Gasteiger partial charge in [-0.2, -0.15) is 0 Å². The molecule has 1 aliphatic rings. The summed E-state index contributed by atoms with van der Waals surface area (Å²) in [5.74, 6) is -0.986. The molecular formula is C23H25ClFN3O2. The Hall–Kier alpha value is -2.70. The summed E-state index contributed by atoms with van der Waals surface area (Å²) in [4.78, 5) is 30.3. The third-order valence-corrected chi connectivity index (χ3v) is 5.42. The Morgan fingerprint density at radius 2 is 1.73 bits per heavy atom. The number of nitrogens with zero attached hydrogens (tertiary/aromatic N) is 1. The summed E-state index contributed by atoms with van der Waals surface area (Å²) in [5, 5.41) is 2.94. The number of benzene rings is 2. The number of halogens is 2. The van der Waals surface area contributed by atoms with Gasteiger partial charge in [0.2, 0.25) is 5.43 Å². The Morgan fingerprint density at radius 1 is 1.03 bits per heavy atom. The molecular weight excluding hydrogens is 405 g/mol.